The maximum absolute atomic E-state index is 3.98. The Morgan fingerprint density at radius 3 is 2.62 bits per heavy atom. The molecule has 0 N–H and O–H groups in total. The van der Waals surface area contributed by atoms with Gasteiger partial charge in [0.05, 0.1) is 0 Å². The van der Waals surface area contributed by atoms with Crippen LogP contribution in [0.4, 0.5) is 0 Å². The predicted octanol–water partition coefficient (Wildman–Crippen LogP) is 2.86. The number of rotatable bonds is 1. The molecular formula is C12H10N. The van der Waals surface area contributed by atoms with Gasteiger partial charge in [-0.05, 0) is 36.2 Å². The Balaban J connectivity index is 2.48. The average Bonchev–Trinajstić information content (AvgIpc) is 2.19. The lowest BCUT2D eigenvalue weighted by Crippen LogP contribution is -1.79. The third-order valence-corrected chi connectivity index (χ3v) is 1.95. The van der Waals surface area contributed by atoms with Gasteiger partial charge in [-0.25, -0.2) is 0 Å². The number of hydrogen-bond acceptors (Lipinski definition) is 1. The summed E-state index contributed by atoms with van der Waals surface area (Å²) in [5.41, 5.74) is 3.55. The number of nitrogens with zero attached hydrogens (tertiary/aromatic N) is 1. The number of aryl methyl sites for hydroxylation is 1. The molecule has 0 fully saturated rings. The third-order valence-electron chi connectivity index (χ3n) is 1.95. The lowest BCUT2D eigenvalue weighted by Gasteiger charge is -2.00. The fourth-order valence-electron chi connectivity index (χ4n) is 1.28. The minimum Gasteiger partial charge on any atom is -0.265 e. The van der Waals surface area contributed by atoms with Gasteiger partial charge in [0, 0.05) is 12.4 Å². The largest absolute Gasteiger partial charge is 0.265 e. The molecule has 0 saturated heterocycles. The molecule has 0 atom stereocenters. The van der Waals surface area contributed by atoms with Crippen molar-refractivity contribution in [1.82, 2.24) is 4.98 Å². The summed E-state index contributed by atoms with van der Waals surface area (Å²) in [5.74, 6) is 0. The van der Waals surface area contributed by atoms with Crippen LogP contribution in [0, 0.1) is 13.0 Å². The highest BCUT2D eigenvalue weighted by molar-refractivity contribution is 5.62. The molecular weight excluding hydrogens is 158 g/mol. The molecule has 13 heavy (non-hydrogen) atoms. The van der Waals surface area contributed by atoms with E-state index in [1.807, 2.05) is 24.3 Å². The standard InChI is InChI=1S/C12H10N/c1-10-3-2-4-12(9-10)11-5-7-13-8-6-11/h2-3,5-9H,1H3. The summed E-state index contributed by atoms with van der Waals surface area (Å²) in [7, 11) is 0. The van der Waals surface area contributed by atoms with Crippen molar-refractivity contribution in [3.63, 3.8) is 0 Å². The summed E-state index contributed by atoms with van der Waals surface area (Å²) in [5, 5.41) is 0. The van der Waals surface area contributed by atoms with Gasteiger partial charge in [0.2, 0.25) is 0 Å². The monoisotopic (exact) mass is 168 g/mol. The molecule has 63 valence electrons. The molecule has 1 heterocycles. The van der Waals surface area contributed by atoms with Crippen LogP contribution < -0.4 is 0 Å². The van der Waals surface area contributed by atoms with Gasteiger partial charge in [0.15, 0.2) is 0 Å². The molecule has 1 radical (unpaired) electrons. The average molecular weight is 168 g/mol. The van der Waals surface area contributed by atoms with E-state index in [2.05, 4.69) is 24.0 Å². The predicted molar refractivity (Wildman–Crippen MR) is 53.2 cm³/mol. The van der Waals surface area contributed by atoms with E-state index in [1.54, 1.807) is 12.4 Å². The summed E-state index contributed by atoms with van der Waals surface area (Å²) in [6.45, 7) is 2.08. The Labute approximate surface area is 78.1 Å². The quantitative estimate of drug-likeness (QED) is 0.638. The molecule has 1 heteroatoms. The molecule has 1 aromatic heterocycles. The number of hydrogen-bond donors (Lipinski definition) is 0. The summed E-state index contributed by atoms with van der Waals surface area (Å²) in [4.78, 5) is 3.98. The molecule has 2 rings (SSSR count). The molecule has 0 bridgehead atoms. The van der Waals surface area contributed by atoms with Crippen molar-refractivity contribution in [2.75, 3.05) is 0 Å². The highest BCUT2D eigenvalue weighted by atomic mass is 14.6. The van der Waals surface area contributed by atoms with Crippen molar-refractivity contribution in [3.05, 3.63) is 54.4 Å². The lowest BCUT2D eigenvalue weighted by molar-refractivity contribution is 1.33. The summed E-state index contributed by atoms with van der Waals surface area (Å²) in [6.07, 6.45) is 3.59. The van der Waals surface area contributed by atoms with Crippen LogP contribution in [0.15, 0.2) is 42.7 Å². The van der Waals surface area contributed by atoms with Crippen molar-refractivity contribution >= 4 is 0 Å². The van der Waals surface area contributed by atoms with Crippen LogP contribution >= 0.6 is 0 Å². The van der Waals surface area contributed by atoms with Crippen LogP contribution in [-0.2, 0) is 0 Å². The first kappa shape index (κ1) is 7.99. The van der Waals surface area contributed by atoms with Crippen LogP contribution in [0.25, 0.3) is 11.1 Å². The zero-order valence-corrected chi connectivity index (χ0v) is 7.49. The van der Waals surface area contributed by atoms with Crippen LogP contribution in [0.1, 0.15) is 5.56 Å². The topological polar surface area (TPSA) is 12.9 Å². The highest BCUT2D eigenvalue weighted by Crippen LogP contribution is 2.17. The number of aromatic nitrogens is 1. The second kappa shape index (κ2) is 3.40. The van der Waals surface area contributed by atoms with Gasteiger partial charge < -0.3 is 0 Å². The first-order valence-electron chi connectivity index (χ1n) is 4.25. The number of benzene rings is 1. The normalized spacial score (nSPS) is 9.92. The van der Waals surface area contributed by atoms with Gasteiger partial charge in [-0.1, -0.05) is 23.8 Å². The Morgan fingerprint density at radius 1 is 1.15 bits per heavy atom. The Kier molecular flexibility index (Phi) is 2.09. The first-order valence-corrected chi connectivity index (χ1v) is 4.25. The summed E-state index contributed by atoms with van der Waals surface area (Å²) in [6, 6.07) is 13.3. The smallest absolute Gasteiger partial charge is 0.0273 e. The zero-order chi connectivity index (χ0) is 9.10. The van der Waals surface area contributed by atoms with E-state index in [0.29, 0.717) is 0 Å². The van der Waals surface area contributed by atoms with Gasteiger partial charge >= 0.3 is 0 Å². The molecule has 0 aliphatic rings. The Bertz CT molecular complexity index is 393. The molecule has 0 amide bonds. The second-order valence-electron chi connectivity index (χ2n) is 3.02. The van der Waals surface area contributed by atoms with Crippen molar-refractivity contribution in [2.45, 2.75) is 6.92 Å². The van der Waals surface area contributed by atoms with Crippen LogP contribution in [0.2, 0.25) is 0 Å². The van der Waals surface area contributed by atoms with Crippen LogP contribution in [0.5, 0.6) is 0 Å². The minimum atomic E-state index is 1.13. The van der Waals surface area contributed by atoms with Crippen LogP contribution in [-0.4, -0.2) is 4.98 Å². The molecule has 2 aromatic rings. The molecule has 0 saturated carbocycles. The van der Waals surface area contributed by atoms with E-state index >= 15 is 0 Å². The molecule has 1 nitrogen and oxygen atoms in total. The van der Waals surface area contributed by atoms with Gasteiger partial charge in [0.1, 0.15) is 0 Å². The minimum absolute atomic E-state index is 1.13. The summed E-state index contributed by atoms with van der Waals surface area (Å²) >= 11 is 0. The fourth-order valence-corrected chi connectivity index (χ4v) is 1.28. The van der Waals surface area contributed by atoms with Gasteiger partial charge in [-0.3, -0.25) is 4.98 Å². The van der Waals surface area contributed by atoms with E-state index in [1.165, 1.54) is 11.1 Å². The first-order chi connectivity index (χ1) is 6.36. The fraction of sp³-hybridized carbons (Fsp3) is 0.0833. The highest BCUT2D eigenvalue weighted by Gasteiger charge is 1.95. The molecule has 0 aliphatic heterocycles. The maximum atomic E-state index is 3.98. The van der Waals surface area contributed by atoms with Crippen molar-refractivity contribution in [2.24, 2.45) is 0 Å². The van der Waals surface area contributed by atoms with Gasteiger partial charge in [-0.2, -0.15) is 0 Å². The molecule has 1 aromatic carbocycles. The maximum Gasteiger partial charge on any atom is 0.0273 e. The van der Waals surface area contributed by atoms with E-state index in [-0.39, 0.29) is 0 Å². The van der Waals surface area contributed by atoms with Crippen molar-refractivity contribution in [3.8, 4) is 11.1 Å². The van der Waals surface area contributed by atoms with E-state index in [4.69, 9.17) is 0 Å². The van der Waals surface area contributed by atoms with E-state index in [0.717, 1.165) is 5.56 Å². The molecule has 0 spiro atoms. The van der Waals surface area contributed by atoms with Crippen LogP contribution in [0.3, 0.4) is 0 Å². The van der Waals surface area contributed by atoms with E-state index in [9.17, 15) is 0 Å². The molecule has 0 unspecified atom stereocenters. The molecule has 0 aliphatic carbocycles. The van der Waals surface area contributed by atoms with Gasteiger partial charge in [-0.15, -0.1) is 0 Å². The van der Waals surface area contributed by atoms with Gasteiger partial charge in [0.25, 0.3) is 0 Å². The zero-order valence-electron chi connectivity index (χ0n) is 7.49. The number of pyridine rings is 1. The van der Waals surface area contributed by atoms with E-state index < -0.39 is 0 Å². The lowest BCUT2D eigenvalue weighted by atomic mass is 10.1. The second-order valence-corrected chi connectivity index (χ2v) is 3.02. The Hall–Kier alpha value is -1.63. The summed E-state index contributed by atoms with van der Waals surface area (Å²) < 4.78 is 0. The van der Waals surface area contributed by atoms with Crippen molar-refractivity contribution in [1.29, 1.82) is 0 Å². The third kappa shape index (κ3) is 1.75. The van der Waals surface area contributed by atoms with Crippen molar-refractivity contribution < 1.29 is 0 Å². The Morgan fingerprint density at radius 2 is 1.92 bits per heavy atom. The SMILES string of the molecule is Cc1cc[c]c(-c2ccncc2)c1.